The minimum atomic E-state index is 0.216. The van der Waals surface area contributed by atoms with Crippen LogP contribution in [0.5, 0.6) is 5.75 Å². The van der Waals surface area contributed by atoms with Gasteiger partial charge in [-0.1, -0.05) is 24.6 Å². The van der Waals surface area contributed by atoms with Gasteiger partial charge >= 0.3 is 0 Å². The third kappa shape index (κ3) is 3.49. The SMILES string of the molecule is CCc1nnc(COc2ccc(C(C)NC)cc2Cl)o1. The average molecular weight is 296 g/mol. The van der Waals surface area contributed by atoms with Gasteiger partial charge in [-0.3, -0.25) is 0 Å². The van der Waals surface area contributed by atoms with Crippen molar-refractivity contribution >= 4 is 11.6 Å². The molecule has 1 unspecified atom stereocenters. The zero-order valence-corrected chi connectivity index (χ0v) is 12.6. The average Bonchev–Trinajstić information content (AvgIpc) is 2.93. The molecule has 1 heterocycles. The fourth-order valence-corrected chi connectivity index (χ4v) is 1.94. The fourth-order valence-electron chi connectivity index (χ4n) is 1.70. The number of halogens is 1. The van der Waals surface area contributed by atoms with E-state index < -0.39 is 0 Å². The van der Waals surface area contributed by atoms with Crippen LogP contribution in [0.3, 0.4) is 0 Å². The maximum atomic E-state index is 6.21. The highest BCUT2D eigenvalue weighted by atomic mass is 35.5. The van der Waals surface area contributed by atoms with E-state index >= 15 is 0 Å². The first-order valence-electron chi connectivity index (χ1n) is 6.54. The summed E-state index contributed by atoms with van der Waals surface area (Å²) in [7, 11) is 1.91. The highest BCUT2D eigenvalue weighted by Crippen LogP contribution is 2.28. The third-order valence-corrected chi connectivity index (χ3v) is 3.35. The van der Waals surface area contributed by atoms with Gasteiger partial charge in [0.2, 0.25) is 5.89 Å². The number of nitrogens with one attached hydrogen (secondary N) is 1. The first kappa shape index (κ1) is 14.8. The van der Waals surface area contributed by atoms with E-state index in [1.807, 2.05) is 32.2 Å². The molecule has 1 N–H and O–H groups in total. The quantitative estimate of drug-likeness (QED) is 0.887. The Balaban J connectivity index is 2.02. The van der Waals surface area contributed by atoms with Crippen molar-refractivity contribution in [2.24, 2.45) is 0 Å². The molecule has 0 aliphatic rings. The lowest BCUT2D eigenvalue weighted by Gasteiger charge is -2.12. The Labute approximate surface area is 123 Å². The summed E-state index contributed by atoms with van der Waals surface area (Å²) in [6.07, 6.45) is 0.713. The van der Waals surface area contributed by atoms with Crippen LogP contribution in [0.25, 0.3) is 0 Å². The minimum Gasteiger partial charge on any atom is -0.482 e. The number of benzene rings is 1. The summed E-state index contributed by atoms with van der Waals surface area (Å²) in [4.78, 5) is 0. The molecule has 0 amide bonds. The van der Waals surface area contributed by atoms with E-state index in [0.717, 1.165) is 5.56 Å². The largest absolute Gasteiger partial charge is 0.482 e. The summed E-state index contributed by atoms with van der Waals surface area (Å²) in [5.41, 5.74) is 1.11. The zero-order valence-electron chi connectivity index (χ0n) is 11.8. The van der Waals surface area contributed by atoms with Crippen LogP contribution >= 0.6 is 11.6 Å². The van der Waals surface area contributed by atoms with Gasteiger partial charge < -0.3 is 14.5 Å². The van der Waals surface area contributed by atoms with Gasteiger partial charge in [-0.15, -0.1) is 10.2 Å². The fraction of sp³-hybridized carbons (Fsp3) is 0.429. The Morgan fingerprint density at radius 3 is 2.70 bits per heavy atom. The van der Waals surface area contributed by atoms with Gasteiger partial charge in [0.05, 0.1) is 5.02 Å². The van der Waals surface area contributed by atoms with Crippen molar-refractivity contribution in [2.45, 2.75) is 32.9 Å². The number of aromatic nitrogens is 2. The first-order chi connectivity index (χ1) is 9.63. The van der Waals surface area contributed by atoms with Crippen molar-refractivity contribution in [3.05, 3.63) is 40.6 Å². The molecule has 0 bridgehead atoms. The third-order valence-electron chi connectivity index (χ3n) is 3.05. The molecule has 2 aromatic rings. The van der Waals surface area contributed by atoms with Crippen molar-refractivity contribution < 1.29 is 9.15 Å². The standard InChI is InChI=1S/C14H18ClN3O2/c1-4-13-17-18-14(20-13)8-19-12-6-5-10(7-11(12)15)9(2)16-3/h5-7,9,16H,4,8H2,1-3H3. The molecule has 20 heavy (non-hydrogen) atoms. The Kier molecular flexibility index (Phi) is 4.98. The summed E-state index contributed by atoms with van der Waals surface area (Å²) >= 11 is 6.21. The minimum absolute atomic E-state index is 0.216. The van der Waals surface area contributed by atoms with Crippen LogP contribution < -0.4 is 10.1 Å². The second-order valence-electron chi connectivity index (χ2n) is 4.43. The zero-order chi connectivity index (χ0) is 14.5. The second kappa shape index (κ2) is 6.72. The smallest absolute Gasteiger partial charge is 0.253 e. The van der Waals surface area contributed by atoms with Crippen LogP contribution in [0.4, 0.5) is 0 Å². The van der Waals surface area contributed by atoms with Gasteiger partial charge in [-0.25, -0.2) is 0 Å². The van der Waals surface area contributed by atoms with Crippen LogP contribution in [0.15, 0.2) is 22.6 Å². The number of hydrogen-bond donors (Lipinski definition) is 1. The molecule has 0 fully saturated rings. The van der Waals surface area contributed by atoms with E-state index in [0.29, 0.717) is 29.0 Å². The highest BCUT2D eigenvalue weighted by Gasteiger charge is 2.09. The molecule has 1 aromatic heterocycles. The Hall–Kier alpha value is -1.59. The Morgan fingerprint density at radius 1 is 1.35 bits per heavy atom. The molecule has 1 atom stereocenters. The molecule has 5 nitrogen and oxygen atoms in total. The van der Waals surface area contributed by atoms with Crippen molar-refractivity contribution in [3.63, 3.8) is 0 Å². The van der Waals surface area contributed by atoms with Gasteiger partial charge in [0.15, 0.2) is 6.61 Å². The lowest BCUT2D eigenvalue weighted by Crippen LogP contribution is -2.12. The van der Waals surface area contributed by atoms with E-state index in [2.05, 4.69) is 22.4 Å². The van der Waals surface area contributed by atoms with Crippen molar-refractivity contribution in [1.29, 1.82) is 0 Å². The Bertz CT molecular complexity index is 571. The molecule has 0 spiro atoms. The number of aryl methyl sites for hydroxylation is 1. The molecular weight excluding hydrogens is 278 g/mol. The summed E-state index contributed by atoms with van der Waals surface area (Å²) < 4.78 is 11.0. The van der Waals surface area contributed by atoms with Crippen LogP contribution in [0, 0.1) is 0 Å². The summed E-state index contributed by atoms with van der Waals surface area (Å²) in [5, 5.41) is 11.5. The lowest BCUT2D eigenvalue weighted by atomic mass is 10.1. The van der Waals surface area contributed by atoms with Crippen LogP contribution in [-0.2, 0) is 13.0 Å². The summed E-state index contributed by atoms with van der Waals surface area (Å²) in [6, 6.07) is 5.96. The van der Waals surface area contributed by atoms with E-state index in [1.165, 1.54) is 0 Å². The summed E-state index contributed by atoms with van der Waals surface area (Å²) in [6.45, 7) is 4.24. The highest BCUT2D eigenvalue weighted by molar-refractivity contribution is 6.32. The van der Waals surface area contributed by atoms with Gasteiger partial charge in [0.25, 0.3) is 5.89 Å². The molecule has 0 aliphatic heterocycles. The maximum absolute atomic E-state index is 6.21. The molecule has 6 heteroatoms. The lowest BCUT2D eigenvalue weighted by molar-refractivity contribution is 0.259. The predicted octanol–water partition coefficient (Wildman–Crippen LogP) is 3.14. The second-order valence-corrected chi connectivity index (χ2v) is 4.84. The van der Waals surface area contributed by atoms with E-state index in [9.17, 15) is 0 Å². The summed E-state index contributed by atoms with van der Waals surface area (Å²) in [5.74, 6) is 1.66. The number of rotatable bonds is 6. The number of ether oxygens (including phenoxy) is 1. The van der Waals surface area contributed by atoms with Gasteiger partial charge in [-0.2, -0.15) is 0 Å². The van der Waals surface area contributed by atoms with Crippen LogP contribution in [-0.4, -0.2) is 17.2 Å². The van der Waals surface area contributed by atoms with E-state index in [1.54, 1.807) is 0 Å². The van der Waals surface area contributed by atoms with Crippen LogP contribution in [0.1, 0.15) is 37.2 Å². The molecule has 0 aliphatic carbocycles. The molecule has 108 valence electrons. The van der Waals surface area contributed by atoms with Crippen molar-refractivity contribution in [3.8, 4) is 5.75 Å². The molecule has 0 saturated heterocycles. The van der Waals surface area contributed by atoms with Gasteiger partial charge in [0.1, 0.15) is 5.75 Å². The first-order valence-corrected chi connectivity index (χ1v) is 6.92. The van der Waals surface area contributed by atoms with Crippen molar-refractivity contribution in [1.82, 2.24) is 15.5 Å². The molecular formula is C14H18ClN3O2. The molecule has 0 saturated carbocycles. The van der Waals surface area contributed by atoms with Gasteiger partial charge in [-0.05, 0) is 31.7 Å². The molecule has 0 radical (unpaired) electrons. The molecule has 1 aromatic carbocycles. The van der Waals surface area contributed by atoms with E-state index in [4.69, 9.17) is 20.8 Å². The predicted molar refractivity (Wildman–Crippen MR) is 76.9 cm³/mol. The van der Waals surface area contributed by atoms with E-state index in [-0.39, 0.29) is 12.6 Å². The Morgan fingerprint density at radius 2 is 2.10 bits per heavy atom. The normalized spacial score (nSPS) is 12.4. The van der Waals surface area contributed by atoms with Crippen molar-refractivity contribution in [2.75, 3.05) is 7.05 Å². The number of hydrogen-bond acceptors (Lipinski definition) is 5. The molecule has 2 rings (SSSR count). The number of nitrogens with zero attached hydrogens (tertiary/aromatic N) is 2. The maximum Gasteiger partial charge on any atom is 0.253 e. The topological polar surface area (TPSA) is 60.2 Å². The monoisotopic (exact) mass is 295 g/mol. The van der Waals surface area contributed by atoms with Gasteiger partial charge in [0, 0.05) is 12.5 Å². The van der Waals surface area contributed by atoms with Crippen LogP contribution in [0.2, 0.25) is 5.02 Å².